The lowest BCUT2D eigenvalue weighted by Crippen LogP contribution is -2.34. The third-order valence-corrected chi connectivity index (χ3v) is 8.57. The number of rotatable bonds is 13. The molecule has 10 heteroatoms. The van der Waals surface area contributed by atoms with Crippen LogP contribution in [0.4, 0.5) is 0 Å². The minimum absolute atomic E-state index is 0.0562. The van der Waals surface area contributed by atoms with Gasteiger partial charge in [0.1, 0.15) is 11.4 Å². The van der Waals surface area contributed by atoms with Gasteiger partial charge in [-0.1, -0.05) is 117 Å². The van der Waals surface area contributed by atoms with Crippen molar-refractivity contribution in [3.05, 3.63) is 96.1 Å². The van der Waals surface area contributed by atoms with Crippen molar-refractivity contribution < 1.29 is 20.0 Å². The molecule has 0 fully saturated rings. The summed E-state index contributed by atoms with van der Waals surface area (Å²) in [5.41, 5.74) is 1.89. The van der Waals surface area contributed by atoms with Crippen molar-refractivity contribution in [3.8, 4) is 0 Å². The van der Waals surface area contributed by atoms with E-state index in [1.165, 1.54) is 0 Å². The van der Waals surface area contributed by atoms with Gasteiger partial charge in [-0.2, -0.15) is 0 Å². The van der Waals surface area contributed by atoms with Gasteiger partial charge < -0.3 is 21.0 Å². The predicted molar refractivity (Wildman–Crippen MR) is 165 cm³/mol. The number of carbonyl (C=O) groups excluding carboxylic acids is 2. The quantitative estimate of drug-likeness (QED) is 0.0583. The van der Waals surface area contributed by atoms with Gasteiger partial charge in [-0.25, -0.2) is 0 Å². The molecule has 0 aliphatic rings. The number of fused-ring (bicyclic) bond motifs is 2. The molecular weight excluding hydrogens is 544 g/mol. The third-order valence-electron chi connectivity index (χ3n) is 6.16. The van der Waals surface area contributed by atoms with Gasteiger partial charge in [0, 0.05) is 37.4 Å². The van der Waals surface area contributed by atoms with Gasteiger partial charge in [0.2, 0.25) is 0 Å². The minimum atomic E-state index is -0.407. The highest BCUT2D eigenvalue weighted by Gasteiger charge is 2.14. The average molecular weight is 575 g/mol. The van der Waals surface area contributed by atoms with E-state index < -0.39 is 11.8 Å². The first kappa shape index (κ1) is 29.0. The van der Waals surface area contributed by atoms with E-state index in [0.717, 1.165) is 32.7 Å². The summed E-state index contributed by atoms with van der Waals surface area (Å²) in [4.78, 5) is 24.9. The fourth-order valence-electron chi connectivity index (χ4n) is 4.14. The van der Waals surface area contributed by atoms with Gasteiger partial charge >= 0.3 is 0 Å². The van der Waals surface area contributed by atoms with Crippen LogP contribution in [0.5, 0.6) is 0 Å². The van der Waals surface area contributed by atoms with Crippen molar-refractivity contribution >= 4 is 66.4 Å². The van der Waals surface area contributed by atoms with Crippen LogP contribution in [0.1, 0.15) is 11.1 Å². The lowest BCUT2D eigenvalue weighted by atomic mass is 10.0. The van der Waals surface area contributed by atoms with E-state index >= 15 is 0 Å². The smallest absolute Gasteiger partial charge is 0.269 e. The van der Waals surface area contributed by atoms with Crippen molar-refractivity contribution in [2.24, 2.45) is 10.3 Å². The molecule has 2 amide bonds. The second kappa shape index (κ2) is 14.9. The molecule has 4 rings (SSSR count). The molecule has 0 atom stereocenters. The average Bonchev–Trinajstić information content (AvgIpc) is 2.99. The van der Waals surface area contributed by atoms with Crippen LogP contribution in [0.25, 0.3) is 21.5 Å². The van der Waals surface area contributed by atoms with E-state index in [4.69, 9.17) is 0 Å². The number of oxime groups is 2. The number of nitrogens with one attached hydrogen (secondary N) is 2. The van der Waals surface area contributed by atoms with Gasteiger partial charge in [0.15, 0.2) is 0 Å². The molecule has 0 spiro atoms. The van der Waals surface area contributed by atoms with E-state index in [0.29, 0.717) is 24.6 Å². The Morgan fingerprint density at radius 1 is 0.600 bits per heavy atom. The topological polar surface area (TPSA) is 123 Å². The number of carbonyl (C=O) groups is 2. The molecule has 4 aromatic rings. The number of hydrogen-bond acceptors (Lipinski definition) is 8. The molecule has 8 nitrogen and oxygen atoms in total. The van der Waals surface area contributed by atoms with E-state index in [-0.39, 0.29) is 24.3 Å². The Balaban J connectivity index is 1.11. The number of benzene rings is 4. The zero-order valence-corrected chi connectivity index (χ0v) is 23.4. The maximum atomic E-state index is 12.4. The molecular formula is C30H30N4O4S2. The van der Waals surface area contributed by atoms with Crippen molar-refractivity contribution in [2.75, 3.05) is 24.6 Å². The Hall–Kier alpha value is -4.02. The molecule has 0 aromatic heterocycles. The normalized spacial score (nSPS) is 12.0. The Labute approximate surface area is 240 Å². The molecule has 40 heavy (non-hydrogen) atoms. The first-order valence-electron chi connectivity index (χ1n) is 12.8. The van der Waals surface area contributed by atoms with Crippen LogP contribution in [0.3, 0.4) is 0 Å². The first-order chi connectivity index (χ1) is 19.6. The molecule has 206 valence electrons. The zero-order chi connectivity index (χ0) is 28.2. The highest BCUT2D eigenvalue weighted by Crippen LogP contribution is 2.20. The second-order valence-electron chi connectivity index (χ2n) is 8.97. The standard InChI is InChI=1S/C30H30N4O4S2/c35-29(27(33-37)19-21-9-11-23-5-1-3-7-25(23)17-21)31-13-15-39-40-16-14-32-30(36)28(34-38)20-22-10-12-24-6-2-4-8-26(24)18-22/h1-12,17-18,37-38H,13-16,19-20H2,(H,31,35)(H,32,36)/b33-27+,34-28+. The Morgan fingerprint density at radius 2 is 1.00 bits per heavy atom. The van der Waals surface area contributed by atoms with Crippen LogP contribution in [-0.4, -0.2) is 58.2 Å². The van der Waals surface area contributed by atoms with E-state index in [1.807, 2.05) is 84.9 Å². The maximum absolute atomic E-state index is 12.4. The molecule has 0 unspecified atom stereocenters. The summed E-state index contributed by atoms with van der Waals surface area (Å²) in [6.07, 6.45) is 0.462. The van der Waals surface area contributed by atoms with Crippen molar-refractivity contribution in [3.63, 3.8) is 0 Å². The van der Waals surface area contributed by atoms with Crippen molar-refractivity contribution in [1.82, 2.24) is 10.6 Å². The van der Waals surface area contributed by atoms with Crippen LogP contribution >= 0.6 is 21.6 Å². The van der Waals surface area contributed by atoms with E-state index in [1.54, 1.807) is 21.6 Å². The summed E-state index contributed by atoms with van der Waals surface area (Å²) >= 11 is 0. The summed E-state index contributed by atoms with van der Waals surface area (Å²) < 4.78 is 0. The van der Waals surface area contributed by atoms with Crippen LogP contribution < -0.4 is 10.6 Å². The molecule has 4 aromatic carbocycles. The van der Waals surface area contributed by atoms with Gasteiger partial charge in [-0.3, -0.25) is 9.59 Å². The summed E-state index contributed by atoms with van der Waals surface area (Å²) in [6.45, 7) is 0.819. The molecule has 0 saturated carbocycles. The fraction of sp³-hybridized carbons (Fsp3) is 0.200. The first-order valence-corrected chi connectivity index (χ1v) is 15.2. The van der Waals surface area contributed by atoms with Crippen molar-refractivity contribution in [1.29, 1.82) is 0 Å². The van der Waals surface area contributed by atoms with Crippen LogP contribution in [0.2, 0.25) is 0 Å². The number of hydrogen-bond donors (Lipinski definition) is 4. The van der Waals surface area contributed by atoms with E-state index in [2.05, 4.69) is 20.9 Å². The summed E-state index contributed by atoms with van der Waals surface area (Å²) in [5, 5.41) is 35.0. The highest BCUT2D eigenvalue weighted by molar-refractivity contribution is 8.76. The SMILES string of the molecule is O=C(NCCSSCCNC(=O)/C(Cc1ccc2ccccc2c1)=N/O)/C(Cc1ccc2ccccc2c1)=N/O. The molecule has 0 bridgehead atoms. The second-order valence-corrected chi connectivity index (χ2v) is 11.7. The minimum Gasteiger partial charge on any atom is -0.410 e. The molecule has 0 aliphatic carbocycles. The van der Waals surface area contributed by atoms with Gasteiger partial charge in [-0.15, -0.1) is 0 Å². The van der Waals surface area contributed by atoms with Crippen molar-refractivity contribution in [2.45, 2.75) is 12.8 Å². The van der Waals surface area contributed by atoms with Gasteiger partial charge in [-0.05, 0) is 32.7 Å². The fourth-order valence-corrected chi connectivity index (χ4v) is 5.95. The van der Waals surface area contributed by atoms with Gasteiger partial charge in [0.05, 0.1) is 0 Å². The maximum Gasteiger partial charge on any atom is 0.269 e. The molecule has 0 heterocycles. The van der Waals surface area contributed by atoms with Crippen LogP contribution in [0.15, 0.2) is 95.2 Å². The summed E-state index contributed by atoms with van der Waals surface area (Å²) in [7, 11) is 3.12. The molecule has 0 radical (unpaired) electrons. The highest BCUT2D eigenvalue weighted by atomic mass is 33.1. The third kappa shape index (κ3) is 8.24. The monoisotopic (exact) mass is 574 g/mol. The van der Waals surface area contributed by atoms with E-state index in [9.17, 15) is 20.0 Å². The number of nitrogens with zero attached hydrogens (tertiary/aromatic N) is 2. The largest absolute Gasteiger partial charge is 0.410 e. The molecule has 0 aliphatic heterocycles. The van der Waals surface area contributed by atoms with Crippen LogP contribution in [0, 0.1) is 0 Å². The van der Waals surface area contributed by atoms with Gasteiger partial charge in [0.25, 0.3) is 11.8 Å². The molecule has 4 N–H and O–H groups in total. The Morgan fingerprint density at radius 3 is 1.40 bits per heavy atom. The lowest BCUT2D eigenvalue weighted by molar-refractivity contribution is -0.115. The predicted octanol–water partition coefficient (Wildman–Crippen LogP) is 5.05. The van der Waals surface area contributed by atoms with Crippen LogP contribution in [-0.2, 0) is 22.4 Å². The number of amides is 2. The Kier molecular flexibility index (Phi) is 10.8. The lowest BCUT2D eigenvalue weighted by Gasteiger charge is -2.09. The summed E-state index contributed by atoms with van der Waals surface area (Å²) in [5.74, 6) is 0.473. The summed E-state index contributed by atoms with van der Waals surface area (Å²) in [6, 6.07) is 27.7. The molecule has 0 saturated heterocycles. The zero-order valence-electron chi connectivity index (χ0n) is 21.7. The Bertz CT molecular complexity index is 1430.